The second-order valence-electron chi connectivity index (χ2n) is 4.76. The zero-order valence-corrected chi connectivity index (χ0v) is 12.6. The van der Waals surface area contributed by atoms with E-state index in [0.717, 1.165) is 28.0 Å². The van der Waals surface area contributed by atoms with E-state index in [1.807, 2.05) is 0 Å². The van der Waals surface area contributed by atoms with E-state index in [-0.39, 0.29) is 11.3 Å². The molecule has 0 spiro atoms. The molecule has 1 amide bonds. The van der Waals surface area contributed by atoms with Crippen molar-refractivity contribution in [1.82, 2.24) is 25.0 Å². The van der Waals surface area contributed by atoms with Crippen LogP contribution >= 0.6 is 0 Å². The van der Waals surface area contributed by atoms with Gasteiger partial charge in [-0.15, -0.1) is 0 Å². The van der Waals surface area contributed by atoms with E-state index in [0.29, 0.717) is 5.69 Å². The standard InChI is InChI=1S/C12H14FN7O3/c1-7-10(11(13)18(3)17-7)5-14-16-12(21)8(2)19-6-9(4-15-19)20(22)23/h4-6,8H,1-3H3,(H,16,21). The molecular weight excluding hydrogens is 309 g/mol. The molecule has 23 heavy (non-hydrogen) atoms. The number of nitrogens with zero attached hydrogens (tertiary/aromatic N) is 6. The summed E-state index contributed by atoms with van der Waals surface area (Å²) in [6.07, 6.45) is 3.33. The fraction of sp³-hybridized carbons (Fsp3) is 0.333. The maximum atomic E-state index is 13.7. The Balaban J connectivity index is 2.03. The van der Waals surface area contributed by atoms with Crippen molar-refractivity contribution in [2.45, 2.75) is 19.9 Å². The van der Waals surface area contributed by atoms with Gasteiger partial charge in [-0.25, -0.2) is 10.1 Å². The minimum atomic E-state index is -0.819. The molecule has 0 aliphatic rings. The van der Waals surface area contributed by atoms with E-state index in [1.165, 1.54) is 14.0 Å². The van der Waals surface area contributed by atoms with Crippen molar-refractivity contribution in [3.05, 3.63) is 39.7 Å². The van der Waals surface area contributed by atoms with E-state index < -0.39 is 22.8 Å². The Bertz CT molecular complexity index is 780. The molecular formula is C12H14FN7O3. The molecule has 0 saturated carbocycles. The Labute approximate surface area is 129 Å². The second-order valence-corrected chi connectivity index (χ2v) is 4.76. The Morgan fingerprint density at radius 2 is 2.30 bits per heavy atom. The normalized spacial score (nSPS) is 12.5. The molecule has 0 fully saturated rings. The van der Waals surface area contributed by atoms with Gasteiger partial charge in [0.2, 0.25) is 5.95 Å². The topological polar surface area (TPSA) is 120 Å². The van der Waals surface area contributed by atoms with Gasteiger partial charge in [0.1, 0.15) is 18.4 Å². The SMILES string of the molecule is Cc1nn(C)c(F)c1C=NNC(=O)C(C)n1cc([N+](=O)[O-])cn1. The summed E-state index contributed by atoms with van der Waals surface area (Å²) in [5, 5.41) is 21.9. The van der Waals surface area contributed by atoms with Crippen molar-refractivity contribution >= 4 is 17.8 Å². The van der Waals surface area contributed by atoms with Gasteiger partial charge in [0, 0.05) is 7.05 Å². The van der Waals surface area contributed by atoms with Gasteiger partial charge in [-0.3, -0.25) is 19.6 Å². The van der Waals surface area contributed by atoms with Crippen LogP contribution in [0.5, 0.6) is 0 Å². The van der Waals surface area contributed by atoms with Crippen LogP contribution in [0.15, 0.2) is 17.5 Å². The number of aromatic nitrogens is 4. The first kappa shape index (κ1) is 16.3. The number of carbonyl (C=O) groups is 1. The van der Waals surface area contributed by atoms with Crippen LogP contribution in [0, 0.1) is 23.0 Å². The summed E-state index contributed by atoms with van der Waals surface area (Å²) in [6.45, 7) is 3.11. The summed E-state index contributed by atoms with van der Waals surface area (Å²) in [6, 6.07) is -0.819. The van der Waals surface area contributed by atoms with Gasteiger partial charge in [-0.2, -0.15) is 19.7 Å². The van der Waals surface area contributed by atoms with Gasteiger partial charge in [0.05, 0.1) is 22.4 Å². The number of aryl methyl sites for hydroxylation is 2. The van der Waals surface area contributed by atoms with Crippen LogP contribution in [-0.2, 0) is 11.8 Å². The smallest absolute Gasteiger partial charge is 0.271 e. The lowest BCUT2D eigenvalue weighted by molar-refractivity contribution is -0.385. The Morgan fingerprint density at radius 3 is 2.83 bits per heavy atom. The number of nitro groups is 1. The highest BCUT2D eigenvalue weighted by atomic mass is 19.1. The average Bonchev–Trinajstić information content (AvgIpc) is 3.07. The van der Waals surface area contributed by atoms with Crippen LogP contribution < -0.4 is 5.43 Å². The van der Waals surface area contributed by atoms with Gasteiger partial charge in [0.25, 0.3) is 5.91 Å². The van der Waals surface area contributed by atoms with Gasteiger partial charge in [-0.05, 0) is 13.8 Å². The van der Waals surface area contributed by atoms with E-state index in [1.54, 1.807) is 6.92 Å². The molecule has 0 bridgehead atoms. The molecule has 2 aromatic rings. The van der Waals surface area contributed by atoms with Crippen LogP contribution in [0.1, 0.15) is 24.2 Å². The molecule has 1 unspecified atom stereocenters. The van der Waals surface area contributed by atoms with Gasteiger partial charge in [-0.1, -0.05) is 0 Å². The van der Waals surface area contributed by atoms with Crippen molar-refractivity contribution in [3.63, 3.8) is 0 Å². The third kappa shape index (κ3) is 3.39. The Morgan fingerprint density at radius 1 is 1.61 bits per heavy atom. The van der Waals surface area contributed by atoms with Crippen molar-refractivity contribution in [1.29, 1.82) is 0 Å². The van der Waals surface area contributed by atoms with E-state index >= 15 is 0 Å². The fourth-order valence-corrected chi connectivity index (χ4v) is 1.80. The summed E-state index contributed by atoms with van der Waals surface area (Å²) in [4.78, 5) is 21.9. The summed E-state index contributed by atoms with van der Waals surface area (Å²) in [7, 11) is 1.45. The number of amides is 1. The second kappa shape index (κ2) is 6.34. The summed E-state index contributed by atoms with van der Waals surface area (Å²) in [5.74, 6) is -1.13. The molecule has 0 aromatic carbocycles. The van der Waals surface area contributed by atoms with Gasteiger partial charge in [0.15, 0.2) is 0 Å². The molecule has 2 rings (SSSR count). The van der Waals surface area contributed by atoms with Crippen LogP contribution in [0.2, 0.25) is 0 Å². The minimum absolute atomic E-state index is 0.162. The number of halogens is 1. The highest BCUT2D eigenvalue weighted by Crippen LogP contribution is 2.13. The van der Waals surface area contributed by atoms with Gasteiger partial charge >= 0.3 is 5.69 Å². The Hall–Kier alpha value is -3.11. The molecule has 2 heterocycles. The first-order valence-corrected chi connectivity index (χ1v) is 6.51. The molecule has 0 aliphatic heterocycles. The zero-order chi connectivity index (χ0) is 17.1. The maximum Gasteiger partial charge on any atom is 0.307 e. The average molecular weight is 323 g/mol. The quantitative estimate of drug-likeness (QED) is 0.493. The first-order chi connectivity index (χ1) is 10.8. The van der Waals surface area contributed by atoms with Crippen molar-refractivity contribution in [2.24, 2.45) is 12.1 Å². The summed E-state index contributed by atoms with van der Waals surface area (Å²) in [5.41, 5.74) is 2.60. The first-order valence-electron chi connectivity index (χ1n) is 6.51. The van der Waals surface area contributed by atoms with E-state index in [9.17, 15) is 19.3 Å². The monoisotopic (exact) mass is 323 g/mol. The number of rotatable bonds is 5. The molecule has 11 heteroatoms. The predicted molar refractivity (Wildman–Crippen MR) is 77.2 cm³/mol. The summed E-state index contributed by atoms with van der Waals surface area (Å²) >= 11 is 0. The predicted octanol–water partition coefficient (Wildman–Crippen LogP) is 0.684. The zero-order valence-electron chi connectivity index (χ0n) is 12.6. The van der Waals surface area contributed by atoms with Crippen LogP contribution in [0.25, 0.3) is 0 Å². The van der Waals surface area contributed by atoms with Crippen LogP contribution in [0.4, 0.5) is 10.1 Å². The number of hydrogen-bond acceptors (Lipinski definition) is 6. The molecule has 2 aromatic heterocycles. The van der Waals surface area contributed by atoms with E-state index in [4.69, 9.17) is 0 Å². The third-order valence-corrected chi connectivity index (χ3v) is 3.14. The lowest BCUT2D eigenvalue weighted by atomic mass is 10.3. The van der Waals surface area contributed by atoms with Crippen molar-refractivity contribution in [2.75, 3.05) is 0 Å². The lowest BCUT2D eigenvalue weighted by Gasteiger charge is -2.08. The van der Waals surface area contributed by atoms with Crippen LogP contribution in [0.3, 0.4) is 0 Å². The minimum Gasteiger partial charge on any atom is -0.271 e. The highest BCUT2D eigenvalue weighted by Gasteiger charge is 2.19. The number of carbonyl (C=O) groups excluding carboxylic acids is 1. The van der Waals surface area contributed by atoms with Gasteiger partial charge < -0.3 is 0 Å². The lowest BCUT2D eigenvalue weighted by Crippen LogP contribution is -2.27. The molecule has 10 nitrogen and oxygen atoms in total. The van der Waals surface area contributed by atoms with Crippen molar-refractivity contribution in [3.8, 4) is 0 Å². The Kier molecular flexibility index (Phi) is 4.48. The number of hydrogen-bond donors (Lipinski definition) is 1. The maximum absolute atomic E-state index is 13.7. The molecule has 0 aliphatic carbocycles. The molecule has 1 N–H and O–H groups in total. The van der Waals surface area contributed by atoms with Crippen LogP contribution in [-0.4, -0.2) is 36.6 Å². The largest absolute Gasteiger partial charge is 0.307 e. The molecule has 1 atom stereocenters. The van der Waals surface area contributed by atoms with E-state index in [2.05, 4.69) is 20.7 Å². The highest BCUT2D eigenvalue weighted by molar-refractivity contribution is 5.84. The number of hydrazone groups is 1. The fourth-order valence-electron chi connectivity index (χ4n) is 1.80. The summed E-state index contributed by atoms with van der Waals surface area (Å²) < 4.78 is 15.9. The molecule has 122 valence electrons. The molecule has 0 saturated heterocycles. The third-order valence-electron chi connectivity index (χ3n) is 3.14. The molecule has 0 radical (unpaired) electrons. The van der Waals surface area contributed by atoms with Crippen molar-refractivity contribution < 1.29 is 14.1 Å². The number of nitrogens with one attached hydrogen (secondary N) is 1.